The van der Waals surface area contributed by atoms with Gasteiger partial charge in [0, 0.05) is 16.1 Å². The third-order valence-electron chi connectivity index (χ3n) is 3.93. The van der Waals surface area contributed by atoms with Gasteiger partial charge in [0.2, 0.25) is 0 Å². The summed E-state index contributed by atoms with van der Waals surface area (Å²) in [6.45, 7) is 4.35. The van der Waals surface area contributed by atoms with E-state index in [9.17, 15) is 0 Å². The van der Waals surface area contributed by atoms with E-state index >= 15 is 0 Å². The minimum Gasteiger partial charge on any atom is -0.0918 e. The molecule has 0 fully saturated rings. The van der Waals surface area contributed by atoms with Crippen molar-refractivity contribution in [1.82, 2.24) is 0 Å². The molecule has 0 amide bonds. The van der Waals surface area contributed by atoms with Crippen LogP contribution in [0.4, 0.5) is 0 Å². The zero-order chi connectivity index (χ0) is 14.6. The fourth-order valence-corrected chi connectivity index (χ4v) is 4.51. The highest BCUT2D eigenvalue weighted by Gasteiger charge is 2.30. The normalized spacial score (nSPS) is 11.6. The zero-order valence-corrected chi connectivity index (χ0v) is 15.2. The first-order valence-electron chi connectivity index (χ1n) is 6.85. The molecule has 2 heteroatoms. The number of hydrogen-bond acceptors (Lipinski definition) is 0. The third-order valence-corrected chi connectivity index (χ3v) is 6.08. The molecule has 0 saturated heterocycles. The van der Waals surface area contributed by atoms with E-state index in [1.807, 2.05) is 0 Å². The molecule has 0 saturated carbocycles. The van der Waals surface area contributed by atoms with Crippen molar-refractivity contribution in [3.8, 4) is 0 Å². The van der Waals surface area contributed by atoms with Gasteiger partial charge in [-0.3, -0.25) is 0 Å². The number of hydrogen-bond donors (Lipinski definition) is 0. The summed E-state index contributed by atoms with van der Waals surface area (Å²) in [5.74, 6) is 0. The molecule has 0 aliphatic carbocycles. The van der Waals surface area contributed by atoms with Crippen LogP contribution in [0.5, 0.6) is 0 Å². The molecule has 2 rings (SSSR count). The van der Waals surface area contributed by atoms with Crippen LogP contribution in [0.25, 0.3) is 0 Å². The molecule has 0 N–H and O–H groups in total. The molecule has 20 heavy (non-hydrogen) atoms. The Morgan fingerprint density at radius 2 is 1.60 bits per heavy atom. The van der Waals surface area contributed by atoms with Crippen LogP contribution in [-0.2, 0) is 11.8 Å². The lowest BCUT2D eigenvalue weighted by atomic mass is 9.78. The second-order valence-electron chi connectivity index (χ2n) is 5.52. The third kappa shape index (κ3) is 3.35. The monoisotopic (exact) mass is 394 g/mol. The van der Waals surface area contributed by atoms with Gasteiger partial charge in [-0.25, -0.2) is 0 Å². The Morgan fingerprint density at radius 1 is 0.900 bits per heavy atom. The Balaban J connectivity index is 2.42. The average Bonchev–Trinajstić information content (AvgIpc) is 2.47. The fraction of sp³-hybridized carbons (Fsp3) is 0.333. The van der Waals surface area contributed by atoms with E-state index in [-0.39, 0.29) is 5.41 Å². The van der Waals surface area contributed by atoms with E-state index in [0.29, 0.717) is 0 Å². The first kappa shape index (κ1) is 15.8. The Kier molecular flexibility index (Phi) is 5.45. The quantitative estimate of drug-likeness (QED) is 0.580. The maximum Gasteiger partial charge on any atom is 0.0187 e. The fourth-order valence-electron chi connectivity index (χ4n) is 2.53. The van der Waals surface area contributed by atoms with E-state index in [4.69, 9.17) is 0 Å². The van der Waals surface area contributed by atoms with Crippen LogP contribution in [0.1, 0.15) is 22.3 Å². The maximum absolute atomic E-state index is 3.75. The molecule has 0 heterocycles. The molecule has 106 valence electrons. The molecule has 0 bridgehead atoms. The summed E-state index contributed by atoms with van der Waals surface area (Å²) >= 11 is 7.49. The molecule has 0 radical (unpaired) electrons. The van der Waals surface area contributed by atoms with Gasteiger partial charge in [0.05, 0.1) is 0 Å². The van der Waals surface area contributed by atoms with Gasteiger partial charge in [-0.2, -0.15) is 0 Å². The summed E-state index contributed by atoms with van der Waals surface area (Å²) in [4.78, 5) is 0. The van der Waals surface area contributed by atoms with Crippen molar-refractivity contribution in [1.29, 1.82) is 0 Å². The van der Waals surface area contributed by atoms with Gasteiger partial charge in [-0.15, -0.1) is 0 Å². The lowest BCUT2D eigenvalue weighted by molar-refractivity contribution is 0.549. The second-order valence-corrected chi connectivity index (χ2v) is 6.64. The van der Waals surface area contributed by atoms with Crippen molar-refractivity contribution in [3.05, 3.63) is 70.8 Å². The van der Waals surface area contributed by atoms with Crippen LogP contribution in [0.15, 0.2) is 48.5 Å². The lowest BCUT2D eigenvalue weighted by Crippen LogP contribution is -2.33. The van der Waals surface area contributed by atoms with Gasteiger partial charge in [0.15, 0.2) is 0 Å². The molecule has 0 aliphatic rings. The molecular formula is C18H20Br2. The highest BCUT2D eigenvalue weighted by atomic mass is 79.9. The Bertz CT molecular complexity index is 571. The smallest absolute Gasteiger partial charge is 0.0187 e. The molecule has 0 aliphatic heterocycles. The summed E-state index contributed by atoms with van der Waals surface area (Å²) in [7, 11) is 0. The predicted molar refractivity (Wildman–Crippen MR) is 95.3 cm³/mol. The molecule has 0 unspecified atom stereocenters. The first-order valence-corrected chi connectivity index (χ1v) is 9.09. The van der Waals surface area contributed by atoms with E-state index in [0.717, 1.165) is 17.1 Å². The van der Waals surface area contributed by atoms with Crippen LogP contribution in [0.2, 0.25) is 0 Å². The van der Waals surface area contributed by atoms with E-state index in [1.165, 1.54) is 22.3 Å². The van der Waals surface area contributed by atoms with Crippen LogP contribution < -0.4 is 0 Å². The number of aryl methyl sites for hydroxylation is 2. The predicted octanol–water partition coefficient (Wildman–Crippen LogP) is 5.57. The van der Waals surface area contributed by atoms with Crippen molar-refractivity contribution in [3.63, 3.8) is 0 Å². The van der Waals surface area contributed by atoms with Crippen LogP contribution in [-0.4, -0.2) is 10.7 Å². The van der Waals surface area contributed by atoms with Crippen molar-refractivity contribution in [2.75, 3.05) is 10.7 Å². The van der Waals surface area contributed by atoms with Gasteiger partial charge in [0.1, 0.15) is 0 Å². The number of rotatable bonds is 5. The standard InChI is InChI=1S/C18H20Br2/c1-14-6-5-9-17(10-14)18(12-19,13-20)11-16-8-4-3-7-15(16)2/h3-10H,11-13H2,1-2H3. The second kappa shape index (κ2) is 6.91. The number of halogens is 2. The SMILES string of the molecule is Cc1cccc(C(CBr)(CBr)Cc2ccccc2C)c1. The van der Waals surface area contributed by atoms with Crippen molar-refractivity contribution < 1.29 is 0 Å². The molecule has 0 spiro atoms. The highest BCUT2D eigenvalue weighted by molar-refractivity contribution is 9.09. The van der Waals surface area contributed by atoms with Crippen LogP contribution in [0, 0.1) is 13.8 Å². The molecule has 0 aromatic heterocycles. The number of benzene rings is 2. The van der Waals surface area contributed by atoms with Crippen molar-refractivity contribution in [2.45, 2.75) is 25.7 Å². The molecular weight excluding hydrogens is 376 g/mol. The van der Waals surface area contributed by atoms with Gasteiger partial charge < -0.3 is 0 Å². The van der Waals surface area contributed by atoms with Crippen molar-refractivity contribution >= 4 is 31.9 Å². The molecule has 2 aromatic rings. The van der Waals surface area contributed by atoms with E-state index < -0.39 is 0 Å². The largest absolute Gasteiger partial charge is 0.0918 e. The zero-order valence-electron chi connectivity index (χ0n) is 12.0. The van der Waals surface area contributed by atoms with E-state index in [2.05, 4.69) is 94.2 Å². The van der Waals surface area contributed by atoms with Crippen LogP contribution >= 0.6 is 31.9 Å². The van der Waals surface area contributed by atoms with Gasteiger partial charge in [-0.05, 0) is 37.0 Å². The Hall–Kier alpha value is -0.600. The molecule has 0 nitrogen and oxygen atoms in total. The summed E-state index contributed by atoms with van der Waals surface area (Å²) < 4.78 is 0. The molecule has 2 aromatic carbocycles. The average molecular weight is 396 g/mol. The number of alkyl halides is 2. The summed E-state index contributed by atoms with van der Waals surface area (Å²) in [6, 6.07) is 17.5. The minimum absolute atomic E-state index is 0.0954. The topological polar surface area (TPSA) is 0 Å². The van der Waals surface area contributed by atoms with Gasteiger partial charge in [0.25, 0.3) is 0 Å². The van der Waals surface area contributed by atoms with Gasteiger partial charge >= 0.3 is 0 Å². The summed E-state index contributed by atoms with van der Waals surface area (Å²) in [5.41, 5.74) is 5.60. The van der Waals surface area contributed by atoms with Crippen molar-refractivity contribution in [2.24, 2.45) is 0 Å². The highest BCUT2D eigenvalue weighted by Crippen LogP contribution is 2.34. The van der Waals surface area contributed by atoms with Crippen LogP contribution in [0.3, 0.4) is 0 Å². The lowest BCUT2D eigenvalue weighted by Gasteiger charge is -2.32. The minimum atomic E-state index is 0.0954. The Labute approximate surface area is 138 Å². The Morgan fingerprint density at radius 3 is 2.20 bits per heavy atom. The van der Waals surface area contributed by atoms with Gasteiger partial charge in [-0.1, -0.05) is 86.0 Å². The summed E-state index contributed by atoms with van der Waals surface area (Å²) in [6.07, 6.45) is 1.04. The summed E-state index contributed by atoms with van der Waals surface area (Å²) in [5, 5.41) is 1.89. The van der Waals surface area contributed by atoms with E-state index in [1.54, 1.807) is 0 Å². The first-order chi connectivity index (χ1) is 9.61. The maximum atomic E-state index is 3.75. The molecule has 0 atom stereocenters.